The smallest absolute Gasteiger partial charge is 0.305 e. The normalized spacial score (nSPS) is 11.2. The van der Waals surface area contributed by atoms with Crippen LogP contribution in [0.15, 0.2) is 24.3 Å². The molecule has 0 fully saturated rings. The highest BCUT2D eigenvalue weighted by atomic mass is 35.5. The number of carbonyl (C=O) groups excluding carboxylic acids is 1. The molecule has 0 aliphatic rings. The van der Waals surface area contributed by atoms with Crippen molar-refractivity contribution < 1.29 is 9.53 Å². The van der Waals surface area contributed by atoms with E-state index in [-0.39, 0.29) is 5.97 Å². The van der Waals surface area contributed by atoms with Crippen LogP contribution in [0.3, 0.4) is 0 Å². The van der Waals surface area contributed by atoms with Crippen molar-refractivity contribution in [3.05, 3.63) is 35.2 Å². The number of unbranched alkanes of at least 4 members (excludes halogenated alkanes) is 1. The number of benzene rings is 1. The largest absolute Gasteiger partial charge is 0.469 e. The third-order valence-electron chi connectivity index (χ3n) is 3.50. The third-order valence-corrected chi connectivity index (χ3v) is 4.84. The number of rotatable bonds is 5. The summed E-state index contributed by atoms with van der Waals surface area (Å²) in [5.74, 6) is 0.549. The summed E-state index contributed by atoms with van der Waals surface area (Å²) in [5.41, 5.74) is 0. The van der Waals surface area contributed by atoms with E-state index in [4.69, 9.17) is 11.6 Å². The summed E-state index contributed by atoms with van der Waals surface area (Å²) in [4.78, 5) is 21.0. The summed E-state index contributed by atoms with van der Waals surface area (Å²) in [5, 5.41) is 2.54. The zero-order valence-electron chi connectivity index (χ0n) is 12.1. The summed E-state index contributed by atoms with van der Waals surface area (Å²) >= 11 is 7.98. The van der Waals surface area contributed by atoms with E-state index in [1.165, 1.54) is 7.11 Å². The number of carbonyl (C=O) groups is 1. The quantitative estimate of drug-likeness (QED) is 0.394. The first kappa shape index (κ1) is 15.2. The van der Waals surface area contributed by atoms with Gasteiger partial charge in [0.2, 0.25) is 0 Å². The SMILES string of the molecule is COC(=O)CCCCc1nc(Cl)c2c(n1)sc1ccccc12. The average Bonchev–Trinajstić information content (AvgIpc) is 2.90. The minimum atomic E-state index is -0.182. The topological polar surface area (TPSA) is 52.1 Å². The monoisotopic (exact) mass is 334 g/mol. The zero-order valence-corrected chi connectivity index (χ0v) is 13.7. The van der Waals surface area contributed by atoms with Crippen molar-refractivity contribution >= 4 is 49.2 Å². The zero-order chi connectivity index (χ0) is 15.5. The lowest BCUT2D eigenvalue weighted by molar-refractivity contribution is -0.140. The highest BCUT2D eigenvalue weighted by Gasteiger charge is 2.12. The summed E-state index contributed by atoms with van der Waals surface area (Å²) in [6.07, 6.45) is 2.73. The molecule has 2 heterocycles. The van der Waals surface area contributed by atoms with E-state index in [1.807, 2.05) is 18.2 Å². The van der Waals surface area contributed by atoms with Crippen molar-refractivity contribution in [3.8, 4) is 0 Å². The van der Waals surface area contributed by atoms with E-state index in [1.54, 1.807) is 11.3 Å². The predicted molar refractivity (Wildman–Crippen MR) is 89.5 cm³/mol. The number of thiophene rings is 1. The van der Waals surface area contributed by atoms with E-state index in [0.717, 1.165) is 39.0 Å². The average molecular weight is 335 g/mol. The lowest BCUT2D eigenvalue weighted by atomic mass is 10.2. The molecule has 3 aromatic rings. The first-order chi connectivity index (χ1) is 10.7. The van der Waals surface area contributed by atoms with Gasteiger partial charge in [0, 0.05) is 22.9 Å². The van der Waals surface area contributed by atoms with Crippen LogP contribution in [0, 0.1) is 0 Å². The van der Waals surface area contributed by atoms with Crippen LogP contribution in [-0.4, -0.2) is 23.0 Å². The highest BCUT2D eigenvalue weighted by molar-refractivity contribution is 7.25. The maximum atomic E-state index is 11.1. The molecular weight excluding hydrogens is 320 g/mol. The van der Waals surface area contributed by atoms with Gasteiger partial charge in [0.05, 0.1) is 12.5 Å². The Bertz CT molecular complexity index is 831. The molecule has 0 N–H and O–H groups in total. The summed E-state index contributed by atoms with van der Waals surface area (Å²) in [6, 6.07) is 8.10. The molecule has 0 aliphatic carbocycles. The number of fused-ring (bicyclic) bond motifs is 3. The number of aryl methyl sites for hydroxylation is 1. The van der Waals surface area contributed by atoms with Crippen LogP contribution in [0.5, 0.6) is 0 Å². The Balaban J connectivity index is 1.80. The van der Waals surface area contributed by atoms with Gasteiger partial charge in [-0.25, -0.2) is 9.97 Å². The van der Waals surface area contributed by atoms with Crippen molar-refractivity contribution in [3.63, 3.8) is 0 Å². The van der Waals surface area contributed by atoms with E-state index < -0.39 is 0 Å². The van der Waals surface area contributed by atoms with Crippen LogP contribution in [0.25, 0.3) is 20.3 Å². The highest BCUT2D eigenvalue weighted by Crippen LogP contribution is 2.35. The Morgan fingerprint density at radius 1 is 1.27 bits per heavy atom. The number of hydrogen-bond donors (Lipinski definition) is 0. The molecular formula is C16H15ClN2O2S. The molecule has 4 nitrogen and oxygen atoms in total. The Morgan fingerprint density at radius 2 is 2.09 bits per heavy atom. The fourth-order valence-electron chi connectivity index (χ4n) is 2.39. The molecule has 3 rings (SSSR count). The van der Waals surface area contributed by atoms with Crippen LogP contribution in [-0.2, 0) is 16.0 Å². The molecule has 2 aromatic heterocycles. The van der Waals surface area contributed by atoms with Crippen LogP contribution in [0.1, 0.15) is 25.1 Å². The van der Waals surface area contributed by atoms with Crippen molar-refractivity contribution in [1.29, 1.82) is 0 Å². The van der Waals surface area contributed by atoms with Crippen LogP contribution < -0.4 is 0 Å². The fraction of sp³-hybridized carbons (Fsp3) is 0.312. The minimum absolute atomic E-state index is 0.182. The van der Waals surface area contributed by atoms with Gasteiger partial charge >= 0.3 is 5.97 Å². The summed E-state index contributed by atoms with van der Waals surface area (Å²) in [7, 11) is 1.40. The molecule has 0 spiro atoms. The molecule has 0 atom stereocenters. The summed E-state index contributed by atoms with van der Waals surface area (Å²) in [6.45, 7) is 0. The van der Waals surface area contributed by atoms with Gasteiger partial charge < -0.3 is 4.74 Å². The third kappa shape index (κ3) is 3.05. The van der Waals surface area contributed by atoms with Crippen LogP contribution >= 0.6 is 22.9 Å². The number of hydrogen-bond acceptors (Lipinski definition) is 5. The van der Waals surface area contributed by atoms with E-state index in [0.29, 0.717) is 18.0 Å². The molecule has 0 aliphatic heterocycles. The van der Waals surface area contributed by atoms with Gasteiger partial charge in [-0.15, -0.1) is 11.3 Å². The standard InChI is InChI=1S/C16H15ClN2O2S/c1-21-13(20)9-5-4-8-12-18-15(17)14-10-6-2-3-7-11(10)22-16(14)19-12/h2-3,6-7H,4-5,8-9H2,1H3. The van der Waals surface area contributed by atoms with Crippen molar-refractivity contribution in [2.45, 2.75) is 25.7 Å². The molecule has 0 saturated heterocycles. The molecule has 22 heavy (non-hydrogen) atoms. The van der Waals surface area contributed by atoms with Gasteiger partial charge in [-0.3, -0.25) is 4.79 Å². The molecule has 0 saturated carbocycles. The number of methoxy groups -OCH3 is 1. The van der Waals surface area contributed by atoms with Gasteiger partial charge in [-0.2, -0.15) is 0 Å². The lowest BCUT2D eigenvalue weighted by Gasteiger charge is -2.02. The number of aromatic nitrogens is 2. The second-order valence-corrected chi connectivity index (χ2v) is 6.38. The molecule has 0 amide bonds. The predicted octanol–water partition coefficient (Wildman–Crippen LogP) is 4.38. The first-order valence-electron chi connectivity index (χ1n) is 7.09. The van der Waals surface area contributed by atoms with Gasteiger partial charge in [0.25, 0.3) is 0 Å². The van der Waals surface area contributed by atoms with Crippen molar-refractivity contribution in [1.82, 2.24) is 9.97 Å². The maximum absolute atomic E-state index is 11.1. The molecule has 0 unspecified atom stereocenters. The van der Waals surface area contributed by atoms with E-state index >= 15 is 0 Å². The van der Waals surface area contributed by atoms with E-state index in [2.05, 4.69) is 20.8 Å². The number of ether oxygens (including phenoxy) is 1. The van der Waals surface area contributed by atoms with Gasteiger partial charge in [-0.1, -0.05) is 29.8 Å². The van der Waals surface area contributed by atoms with Gasteiger partial charge in [0.15, 0.2) is 0 Å². The maximum Gasteiger partial charge on any atom is 0.305 e. The number of halogens is 1. The minimum Gasteiger partial charge on any atom is -0.469 e. The lowest BCUT2D eigenvalue weighted by Crippen LogP contribution is -2.01. The molecule has 0 radical (unpaired) electrons. The summed E-state index contributed by atoms with van der Waals surface area (Å²) < 4.78 is 5.79. The van der Waals surface area contributed by atoms with Crippen LogP contribution in [0.4, 0.5) is 0 Å². The van der Waals surface area contributed by atoms with Gasteiger partial charge in [-0.05, 0) is 18.9 Å². The molecule has 6 heteroatoms. The Labute approximate surface area is 137 Å². The number of esters is 1. The Kier molecular flexibility index (Phi) is 4.55. The Hall–Kier alpha value is -1.72. The fourth-order valence-corrected chi connectivity index (χ4v) is 3.83. The second kappa shape index (κ2) is 6.58. The van der Waals surface area contributed by atoms with Crippen molar-refractivity contribution in [2.75, 3.05) is 7.11 Å². The Morgan fingerprint density at radius 3 is 2.91 bits per heavy atom. The van der Waals surface area contributed by atoms with E-state index in [9.17, 15) is 4.79 Å². The van der Waals surface area contributed by atoms with Gasteiger partial charge in [0.1, 0.15) is 15.8 Å². The number of nitrogens with zero attached hydrogens (tertiary/aromatic N) is 2. The second-order valence-electron chi connectivity index (χ2n) is 4.99. The molecule has 114 valence electrons. The first-order valence-corrected chi connectivity index (χ1v) is 8.29. The van der Waals surface area contributed by atoms with Crippen molar-refractivity contribution in [2.24, 2.45) is 0 Å². The molecule has 0 bridgehead atoms. The van der Waals surface area contributed by atoms with Crippen LogP contribution in [0.2, 0.25) is 5.15 Å². The molecule has 1 aromatic carbocycles.